The first-order valence-electron chi connectivity index (χ1n) is 5.04. The van der Waals surface area contributed by atoms with Gasteiger partial charge in [-0.1, -0.05) is 0 Å². The fraction of sp³-hybridized carbons (Fsp3) is 0.778. The molecule has 0 atom stereocenters. The van der Waals surface area contributed by atoms with Crippen LogP contribution in [0.1, 0.15) is 12.8 Å². The number of nitrogens with one attached hydrogen (secondary N) is 2. The lowest BCUT2D eigenvalue weighted by atomic mass is 10.1. The van der Waals surface area contributed by atoms with E-state index in [1.807, 2.05) is 0 Å². The van der Waals surface area contributed by atoms with Crippen molar-refractivity contribution in [2.45, 2.75) is 18.9 Å². The average molecular weight is 215 g/mol. The number of carboxylic acids is 1. The van der Waals surface area contributed by atoms with Crippen LogP contribution in [-0.2, 0) is 4.79 Å². The van der Waals surface area contributed by atoms with Crippen molar-refractivity contribution in [3.05, 3.63) is 0 Å². The minimum atomic E-state index is -1.03. The molecule has 6 heteroatoms. The first kappa shape index (κ1) is 11.8. The van der Waals surface area contributed by atoms with Gasteiger partial charge in [-0.2, -0.15) is 0 Å². The van der Waals surface area contributed by atoms with Crippen LogP contribution < -0.4 is 10.6 Å². The molecule has 0 saturated carbocycles. The van der Waals surface area contributed by atoms with Crippen LogP contribution in [0.2, 0.25) is 0 Å². The highest BCUT2D eigenvalue weighted by molar-refractivity contribution is 5.79. The molecule has 0 radical (unpaired) electrons. The van der Waals surface area contributed by atoms with E-state index in [9.17, 15) is 9.59 Å². The molecule has 0 aromatic heterocycles. The largest absolute Gasteiger partial charge is 0.480 e. The molecular formula is C9H17N3O3. The number of urea groups is 1. The van der Waals surface area contributed by atoms with Gasteiger partial charge < -0.3 is 20.6 Å². The van der Waals surface area contributed by atoms with E-state index < -0.39 is 5.97 Å². The van der Waals surface area contributed by atoms with Crippen molar-refractivity contribution in [1.29, 1.82) is 0 Å². The van der Waals surface area contributed by atoms with E-state index in [0.29, 0.717) is 0 Å². The van der Waals surface area contributed by atoms with E-state index in [0.717, 1.165) is 25.9 Å². The first-order chi connectivity index (χ1) is 7.11. The molecule has 1 aliphatic heterocycles. The van der Waals surface area contributed by atoms with Crippen LogP contribution in [0.25, 0.3) is 0 Å². The topological polar surface area (TPSA) is 81.7 Å². The van der Waals surface area contributed by atoms with Gasteiger partial charge in [-0.05, 0) is 25.9 Å². The molecular weight excluding hydrogens is 198 g/mol. The molecule has 2 amide bonds. The van der Waals surface area contributed by atoms with Gasteiger partial charge >= 0.3 is 12.0 Å². The summed E-state index contributed by atoms with van der Waals surface area (Å²) in [5, 5.41) is 14.0. The summed E-state index contributed by atoms with van der Waals surface area (Å²) in [6.45, 7) is 1.48. The van der Waals surface area contributed by atoms with E-state index in [2.05, 4.69) is 10.6 Å². The zero-order valence-electron chi connectivity index (χ0n) is 8.82. The lowest BCUT2D eigenvalue weighted by molar-refractivity contribution is -0.135. The summed E-state index contributed by atoms with van der Waals surface area (Å²) in [7, 11) is 1.70. The van der Waals surface area contributed by atoms with Crippen LogP contribution in [0.15, 0.2) is 0 Å². The smallest absolute Gasteiger partial charge is 0.323 e. The van der Waals surface area contributed by atoms with Crippen LogP contribution >= 0.6 is 0 Å². The molecule has 0 aromatic carbocycles. The number of nitrogens with zero attached hydrogens (tertiary/aromatic N) is 1. The van der Waals surface area contributed by atoms with Gasteiger partial charge in [0.2, 0.25) is 0 Å². The monoisotopic (exact) mass is 215 g/mol. The number of carboxylic acid groups (broad SMARTS) is 1. The minimum absolute atomic E-state index is 0.208. The Balaban J connectivity index is 2.33. The number of rotatable bonds is 3. The summed E-state index contributed by atoms with van der Waals surface area (Å²) >= 11 is 0. The van der Waals surface area contributed by atoms with Gasteiger partial charge in [0.05, 0.1) is 0 Å². The van der Waals surface area contributed by atoms with Crippen molar-refractivity contribution in [1.82, 2.24) is 15.5 Å². The molecule has 0 aromatic rings. The molecule has 0 spiro atoms. The van der Waals surface area contributed by atoms with Gasteiger partial charge in [0.1, 0.15) is 6.54 Å². The number of hydrogen-bond acceptors (Lipinski definition) is 3. The van der Waals surface area contributed by atoms with Gasteiger partial charge in [0.15, 0.2) is 0 Å². The third-order valence-electron chi connectivity index (χ3n) is 2.57. The van der Waals surface area contributed by atoms with Crippen molar-refractivity contribution in [3.8, 4) is 0 Å². The SMILES string of the molecule is CN(C(=O)NCC(=O)O)C1CCNCC1. The Morgan fingerprint density at radius 2 is 2.07 bits per heavy atom. The molecule has 0 aliphatic carbocycles. The summed E-state index contributed by atoms with van der Waals surface area (Å²) < 4.78 is 0. The Hall–Kier alpha value is -1.30. The maximum absolute atomic E-state index is 11.5. The van der Waals surface area contributed by atoms with E-state index in [-0.39, 0.29) is 18.6 Å². The number of aliphatic carboxylic acids is 1. The predicted octanol–water partition coefficient (Wildman–Crippen LogP) is -0.536. The number of hydrogen-bond donors (Lipinski definition) is 3. The van der Waals surface area contributed by atoms with Gasteiger partial charge in [-0.25, -0.2) is 4.79 Å². The second-order valence-corrected chi connectivity index (χ2v) is 3.64. The standard InChI is InChI=1S/C9H17N3O3/c1-12(7-2-4-10-5-3-7)9(15)11-6-8(13)14/h7,10H,2-6H2,1H3,(H,11,15)(H,13,14). The highest BCUT2D eigenvalue weighted by Crippen LogP contribution is 2.09. The second-order valence-electron chi connectivity index (χ2n) is 3.64. The zero-order chi connectivity index (χ0) is 11.3. The summed E-state index contributed by atoms with van der Waals surface area (Å²) in [5.41, 5.74) is 0. The van der Waals surface area contributed by atoms with Crippen molar-refractivity contribution in [3.63, 3.8) is 0 Å². The van der Waals surface area contributed by atoms with Gasteiger partial charge in [-0.15, -0.1) is 0 Å². The molecule has 1 heterocycles. The molecule has 1 saturated heterocycles. The van der Waals surface area contributed by atoms with Gasteiger partial charge in [0.25, 0.3) is 0 Å². The molecule has 1 rings (SSSR count). The summed E-state index contributed by atoms with van der Waals surface area (Å²) in [6, 6.07) is -0.107. The molecule has 0 bridgehead atoms. The first-order valence-corrected chi connectivity index (χ1v) is 5.04. The number of carbonyl (C=O) groups is 2. The quantitative estimate of drug-likeness (QED) is 0.591. The molecule has 3 N–H and O–H groups in total. The second kappa shape index (κ2) is 5.55. The fourth-order valence-electron chi connectivity index (χ4n) is 1.64. The molecule has 15 heavy (non-hydrogen) atoms. The molecule has 86 valence electrons. The van der Waals surface area contributed by atoms with Crippen LogP contribution in [-0.4, -0.2) is 54.7 Å². The van der Waals surface area contributed by atoms with Crippen molar-refractivity contribution in [2.75, 3.05) is 26.7 Å². The normalized spacial score (nSPS) is 17.1. The maximum atomic E-state index is 11.5. The predicted molar refractivity (Wildman–Crippen MR) is 54.7 cm³/mol. The fourth-order valence-corrected chi connectivity index (χ4v) is 1.64. The third kappa shape index (κ3) is 3.75. The lowest BCUT2D eigenvalue weighted by Crippen LogP contribution is -2.48. The Morgan fingerprint density at radius 3 is 2.60 bits per heavy atom. The van der Waals surface area contributed by atoms with Crippen LogP contribution in [0.4, 0.5) is 4.79 Å². The van der Waals surface area contributed by atoms with Crippen molar-refractivity contribution >= 4 is 12.0 Å². The summed E-state index contributed by atoms with van der Waals surface area (Å²) in [4.78, 5) is 23.3. The maximum Gasteiger partial charge on any atom is 0.323 e. The highest BCUT2D eigenvalue weighted by Gasteiger charge is 2.21. The Kier molecular flexibility index (Phi) is 4.36. The highest BCUT2D eigenvalue weighted by atomic mass is 16.4. The van der Waals surface area contributed by atoms with Crippen molar-refractivity contribution in [2.24, 2.45) is 0 Å². The Morgan fingerprint density at radius 1 is 1.47 bits per heavy atom. The van der Waals surface area contributed by atoms with Crippen LogP contribution in [0.5, 0.6) is 0 Å². The molecule has 0 unspecified atom stereocenters. The van der Waals surface area contributed by atoms with E-state index in [4.69, 9.17) is 5.11 Å². The molecule has 6 nitrogen and oxygen atoms in total. The Labute approximate surface area is 88.6 Å². The summed E-state index contributed by atoms with van der Waals surface area (Å²) in [6.07, 6.45) is 1.83. The van der Waals surface area contributed by atoms with Gasteiger partial charge in [-0.3, -0.25) is 4.79 Å². The van der Waals surface area contributed by atoms with Crippen molar-refractivity contribution < 1.29 is 14.7 Å². The molecule has 1 aliphatic rings. The number of carbonyl (C=O) groups excluding carboxylic acids is 1. The zero-order valence-corrected chi connectivity index (χ0v) is 8.82. The van der Waals surface area contributed by atoms with Crippen LogP contribution in [0.3, 0.4) is 0 Å². The van der Waals surface area contributed by atoms with E-state index in [1.54, 1.807) is 11.9 Å². The summed E-state index contributed by atoms with van der Waals surface area (Å²) in [5.74, 6) is -1.03. The molecule has 1 fully saturated rings. The number of piperidine rings is 1. The average Bonchev–Trinajstić information content (AvgIpc) is 2.26. The van der Waals surface area contributed by atoms with Gasteiger partial charge in [0, 0.05) is 13.1 Å². The Bertz CT molecular complexity index is 239. The number of amides is 2. The van der Waals surface area contributed by atoms with E-state index >= 15 is 0 Å². The minimum Gasteiger partial charge on any atom is -0.480 e. The third-order valence-corrected chi connectivity index (χ3v) is 2.57. The lowest BCUT2D eigenvalue weighted by Gasteiger charge is -2.31. The van der Waals surface area contributed by atoms with E-state index in [1.165, 1.54) is 0 Å². The van der Waals surface area contributed by atoms with Crippen LogP contribution in [0, 0.1) is 0 Å².